The molecule has 0 aliphatic carbocycles. The van der Waals surface area contributed by atoms with Gasteiger partial charge in [-0.3, -0.25) is 4.79 Å². The second-order valence-corrected chi connectivity index (χ2v) is 4.53. The molecule has 100 valence electrons. The molecular formula is C15H24N2O. The number of amides is 1. The smallest absolute Gasteiger partial charge is 0.226 e. The Bertz CT molecular complexity index is 371. The van der Waals surface area contributed by atoms with Crippen molar-refractivity contribution in [1.82, 2.24) is 4.90 Å². The molecule has 0 aromatic heterocycles. The molecule has 3 heteroatoms. The molecule has 2 N–H and O–H groups in total. The van der Waals surface area contributed by atoms with Crippen LogP contribution in [0.3, 0.4) is 0 Å². The molecule has 1 aromatic rings. The molecule has 1 amide bonds. The van der Waals surface area contributed by atoms with E-state index in [0.29, 0.717) is 13.0 Å². The molecule has 1 rings (SSSR count). The molecule has 0 fully saturated rings. The van der Waals surface area contributed by atoms with Gasteiger partial charge in [0.25, 0.3) is 0 Å². The highest BCUT2D eigenvalue weighted by molar-refractivity contribution is 5.79. The largest absolute Gasteiger partial charge is 0.342 e. The first-order valence-corrected chi connectivity index (χ1v) is 6.77. The number of nitrogens with zero attached hydrogens (tertiary/aromatic N) is 1. The van der Waals surface area contributed by atoms with Crippen molar-refractivity contribution in [3.8, 4) is 0 Å². The van der Waals surface area contributed by atoms with Crippen molar-refractivity contribution in [2.45, 2.75) is 39.7 Å². The minimum atomic E-state index is 0.208. The van der Waals surface area contributed by atoms with Gasteiger partial charge in [-0.15, -0.1) is 0 Å². The van der Waals surface area contributed by atoms with Crippen LogP contribution >= 0.6 is 0 Å². The summed E-state index contributed by atoms with van der Waals surface area (Å²) in [4.78, 5) is 14.2. The number of nitrogens with two attached hydrogens (primary N) is 1. The second kappa shape index (κ2) is 7.88. The predicted octanol–water partition coefficient (Wildman–Crippen LogP) is 2.34. The molecule has 3 nitrogen and oxygen atoms in total. The van der Waals surface area contributed by atoms with Crippen LogP contribution in [0.5, 0.6) is 0 Å². The van der Waals surface area contributed by atoms with Crippen LogP contribution in [0.15, 0.2) is 24.3 Å². The molecule has 0 saturated heterocycles. The Labute approximate surface area is 110 Å². The van der Waals surface area contributed by atoms with Crippen molar-refractivity contribution < 1.29 is 4.79 Å². The Morgan fingerprint density at radius 1 is 1.11 bits per heavy atom. The van der Waals surface area contributed by atoms with Gasteiger partial charge in [0, 0.05) is 19.6 Å². The van der Waals surface area contributed by atoms with E-state index in [0.717, 1.165) is 37.1 Å². The summed E-state index contributed by atoms with van der Waals surface area (Å²) in [5.41, 5.74) is 7.82. The van der Waals surface area contributed by atoms with E-state index in [1.54, 1.807) is 0 Å². The van der Waals surface area contributed by atoms with Crippen LogP contribution in [0.4, 0.5) is 0 Å². The van der Waals surface area contributed by atoms with Gasteiger partial charge in [0.15, 0.2) is 0 Å². The van der Waals surface area contributed by atoms with Gasteiger partial charge in [0.05, 0.1) is 6.42 Å². The molecule has 0 atom stereocenters. The van der Waals surface area contributed by atoms with Gasteiger partial charge in [0.1, 0.15) is 0 Å². The third kappa shape index (κ3) is 4.15. The number of carbonyl (C=O) groups is 1. The van der Waals surface area contributed by atoms with Crippen LogP contribution in [0.1, 0.15) is 37.8 Å². The summed E-state index contributed by atoms with van der Waals surface area (Å²) in [6, 6.07) is 7.92. The molecule has 0 radical (unpaired) electrons. The second-order valence-electron chi connectivity index (χ2n) is 4.53. The minimum Gasteiger partial charge on any atom is -0.342 e. The highest BCUT2D eigenvalue weighted by atomic mass is 16.2. The quantitative estimate of drug-likeness (QED) is 0.805. The number of carbonyl (C=O) groups excluding carboxylic acids is 1. The Morgan fingerprint density at radius 3 is 2.17 bits per heavy atom. The lowest BCUT2D eigenvalue weighted by molar-refractivity contribution is -0.130. The number of hydrogen-bond acceptors (Lipinski definition) is 2. The lowest BCUT2D eigenvalue weighted by Crippen LogP contribution is -2.33. The van der Waals surface area contributed by atoms with Gasteiger partial charge in [-0.25, -0.2) is 0 Å². The zero-order chi connectivity index (χ0) is 13.4. The number of rotatable bonds is 7. The lowest BCUT2D eigenvalue weighted by atomic mass is 10.0. The van der Waals surface area contributed by atoms with Gasteiger partial charge in [0.2, 0.25) is 5.91 Å². The predicted molar refractivity (Wildman–Crippen MR) is 75.2 cm³/mol. The molecule has 0 bridgehead atoms. The average Bonchev–Trinajstić information content (AvgIpc) is 2.39. The average molecular weight is 248 g/mol. The maximum atomic E-state index is 12.2. The Balaban J connectivity index is 2.72. The molecule has 1 aromatic carbocycles. The maximum absolute atomic E-state index is 12.2. The lowest BCUT2D eigenvalue weighted by Gasteiger charge is -2.22. The van der Waals surface area contributed by atoms with Crippen molar-refractivity contribution in [3.63, 3.8) is 0 Å². The zero-order valence-corrected chi connectivity index (χ0v) is 11.5. The van der Waals surface area contributed by atoms with E-state index in [4.69, 9.17) is 5.73 Å². The van der Waals surface area contributed by atoms with Crippen molar-refractivity contribution in [1.29, 1.82) is 0 Å². The zero-order valence-electron chi connectivity index (χ0n) is 11.5. The maximum Gasteiger partial charge on any atom is 0.226 e. The van der Waals surface area contributed by atoms with Crippen LogP contribution in [0, 0.1) is 0 Å². The van der Waals surface area contributed by atoms with E-state index in [-0.39, 0.29) is 5.91 Å². The molecule has 0 aliphatic heterocycles. The Morgan fingerprint density at radius 2 is 1.67 bits per heavy atom. The summed E-state index contributed by atoms with van der Waals surface area (Å²) in [6.07, 6.45) is 2.47. The fraction of sp³-hybridized carbons (Fsp3) is 0.533. The number of hydrogen-bond donors (Lipinski definition) is 1. The van der Waals surface area contributed by atoms with Crippen molar-refractivity contribution in [3.05, 3.63) is 35.4 Å². The van der Waals surface area contributed by atoms with E-state index in [9.17, 15) is 4.79 Å². The third-order valence-electron chi connectivity index (χ3n) is 3.02. The standard InChI is InChI=1S/C15H24N2O/c1-3-9-17(10-4-2)15(18)11-13-7-5-6-8-14(13)12-16/h5-8H,3-4,9-12,16H2,1-2H3. The van der Waals surface area contributed by atoms with Gasteiger partial charge in [-0.05, 0) is 24.0 Å². The molecule has 0 heterocycles. The number of benzene rings is 1. The van der Waals surface area contributed by atoms with Gasteiger partial charge in [-0.2, -0.15) is 0 Å². The summed E-state index contributed by atoms with van der Waals surface area (Å²) in [5.74, 6) is 0.208. The van der Waals surface area contributed by atoms with Gasteiger partial charge in [-0.1, -0.05) is 38.1 Å². The molecule has 0 spiro atoms. The highest BCUT2D eigenvalue weighted by Crippen LogP contribution is 2.10. The van der Waals surface area contributed by atoms with Crippen molar-refractivity contribution >= 4 is 5.91 Å². The van der Waals surface area contributed by atoms with E-state index in [1.165, 1.54) is 0 Å². The summed E-state index contributed by atoms with van der Waals surface area (Å²) < 4.78 is 0. The molecule has 0 aliphatic rings. The van der Waals surface area contributed by atoms with E-state index in [1.807, 2.05) is 29.2 Å². The van der Waals surface area contributed by atoms with Crippen LogP contribution in [-0.2, 0) is 17.8 Å². The highest BCUT2D eigenvalue weighted by Gasteiger charge is 2.13. The van der Waals surface area contributed by atoms with E-state index in [2.05, 4.69) is 13.8 Å². The van der Waals surface area contributed by atoms with Gasteiger partial charge >= 0.3 is 0 Å². The van der Waals surface area contributed by atoms with Crippen LogP contribution in [0.25, 0.3) is 0 Å². The summed E-state index contributed by atoms with van der Waals surface area (Å²) >= 11 is 0. The summed E-state index contributed by atoms with van der Waals surface area (Å²) in [7, 11) is 0. The van der Waals surface area contributed by atoms with Crippen LogP contribution in [-0.4, -0.2) is 23.9 Å². The van der Waals surface area contributed by atoms with Crippen LogP contribution in [0.2, 0.25) is 0 Å². The minimum absolute atomic E-state index is 0.208. The van der Waals surface area contributed by atoms with Crippen LogP contribution < -0.4 is 5.73 Å². The molecule has 0 unspecified atom stereocenters. The first-order chi connectivity index (χ1) is 8.72. The van der Waals surface area contributed by atoms with E-state index >= 15 is 0 Å². The molecular weight excluding hydrogens is 224 g/mol. The summed E-state index contributed by atoms with van der Waals surface area (Å²) in [5, 5.41) is 0. The van der Waals surface area contributed by atoms with E-state index < -0.39 is 0 Å². The normalized spacial score (nSPS) is 10.4. The van der Waals surface area contributed by atoms with Crippen molar-refractivity contribution in [2.24, 2.45) is 5.73 Å². The summed E-state index contributed by atoms with van der Waals surface area (Å²) in [6.45, 7) is 6.38. The van der Waals surface area contributed by atoms with Crippen molar-refractivity contribution in [2.75, 3.05) is 13.1 Å². The first-order valence-electron chi connectivity index (χ1n) is 6.77. The fourth-order valence-electron chi connectivity index (χ4n) is 2.10. The Hall–Kier alpha value is -1.35. The third-order valence-corrected chi connectivity index (χ3v) is 3.02. The van der Waals surface area contributed by atoms with Gasteiger partial charge < -0.3 is 10.6 Å². The SMILES string of the molecule is CCCN(CCC)C(=O)Cc1ccccc1CN. The molecule has 18 heavy (non-hydrogen) atoms. The topological polar surface area (TPSA) is 46.3 Å². The molecule has 0 saturated carbocycles. The Kier molecular flexibility index (Phi) is 6.44. The first kappa shape index (κ1) is 14.7. The fourth-order valence-corrected chi connectivity index (χ4v) is 2.10. The monoisotopic (exact) mass is 248 g/mol.